The van der Waals surface area contributed by atoms with Crippen molar-refractivity contribution in [1.29, 1.82) is 0 Å². The van der Waals surface area contributed by atoms with Crippen LogP contribution in [0.15, 0.2) is 64.9 Å². The molecule has 34 heavy (non-hydrogen) atoms. The molecule has 2 aromatic rings. The molecule has 9 nitrogen and oxygen atoms in total. The number of thiocarbonyl (C=S) groups is 1. The summed E-state index contributed by atoms with van der Waals surface area (Å²) in [7, 11) is 1.58. The number of para-hydroxylation sites is 1. The topological polar surface area (TPSA) is 110 Å². The van der Waals surface area contributed by atoms with Crippen molar-refractivity contribution in [2.75, 3.05) is 20.3 Å². The summed E-state index contributed by atoms with van der Waals surface area (Å²) in [6.07, 6.45) is 1.51. The number of nitrogens with one attached hydrogen (secondary N) is 3. The van der Waals surface area contributed by atoms with Gasteiger partial charge in [0, 0.05) is 11.3 Å². The van der Waals surface area contributed by atoms with Gasteiger partial charge in [-0.3, -0.25) is 4.79 Å². The number of hydrogen-bond acceptors (Lipinski definition) is 7. The van der Waals surface area contributed by atoms with E-state index in [0.29, 0.717) is 33.4 Å². The van der Waals surface area contributed by atoms with Crippen LogP contribution in [-0.4, -0.2) is 43.5 Å². The predicted octanol–water partition coefficient (Wildman–Crippen LogP) is 2.58. The van der Waals surface area contributed by atoms with Gasteiger partial charge in [0.2, 0.25) is 0 Å². The van der Waals surface area contributed by atoms with Crippen molar-refractivity contribution in [2.24, 2.45) is 5.10 Å². The van der Waals surface area contributed by atoms with E-state index in [1.807, 2.05) is 24.3 Å². The average molecular weight is 483 g/mol. The first-order valence-corrected chi connectivity index (χ1v) is 11.0. The first kappa shape index (κ1) is 24.7. The zero-order valence-electron chi connectivity index (χ0n) is 19.1. The predicted molar refractivity (Wildman–Crippen MR) is 132 cm³/mol. The van der Waals surface area contributed by atoms with Crippen LogP contribution >= 0.6 is 12.2 Å². The number of nitrogens with zero attached hydrogens (tertiary/aromatic N) is 1. The Morgan fingerprint density at radius 1 is 1.21 bits per heavy atom. The highest BCUT2D eigenvalue weighted by Crippen LogP contribution is 2.33. The molecule has 1 heterocycles. The summed E-state index contributed by atoms with van der Waals surface area (Å²) < 4.78 is 16.2. The number of methoxy groups -OCH3 is 1. The molecule has 178 valence electrons. The van der Waals surface area contributed by atoms with Crippen LogP contribution in [0.1, 0.15) is 31.0 Å². The van der Waals surface area contributed by atoms with Crippen LogP contribution in [0.4, 0.5) is 0 Å². The Morgan fingerprint density at radius 2 is 2.00 bits per heavy atom. The van der Waals surface area contributed by atoms with Crippen LogP contribution in [0, 0.1) is 0 Å². The number of allylic oxidation sites excluding steroid dienone is 1. The van der Waals surface area contributed by atoms with Crippen molar-refractivity contribution in [3.63, 3.8) is 0 Å². The number of amides is 1. The zero-order chi connectivity index (χ0) is 24.5. The van der Waals surface area contributed by atoms with Crippen molar-refractivity contribution >= 4 is 35.4 Å². The molecule has 0 fully saturated rings. The molecule has 1 aliphatic heterocycles. The summed E-state index contributed by atoms with van der Waals surface area (Å²) in [4.78, 5) is 24.9. The molecule has 3 rings (SSSR count). The summed E-state index contributed by atoms with van der Waals surface area (Å²) >= 11 is 5.28. The van der Waals surface area contributed by atoms with Gasteiger partial charge in [-0.05, 0) is 49.8 Å². The number of hydrazone groups is 1. The van der Waals surface area contributed by atoms with Crippen molar-refractivity contribution in [2.45, 2.75) is 19.9 Å². The van der Waals surface area contributed by atoms with Gasteiger partial charge in [-0.2, -0.15) is 5.10 Å². The molecule has 1 atom stereocenters. The van der Waals surface area contributed by atoms with Crippen molar-refractivity contribution < 1.29 is 23.8 Å². The number of ether oxygens (including phenoxy) is 3. The lowest BCUT2D eigenvalue weighted by Crippen LogP contribution is -2.45. The molecule has 0 spiro atoms. The van der Waals surface area contributed by atoms with E-state index in [0.717, 1.165) is 5.56 Å². The number of carbonyl (C=O) groups is 2. The minimum absolute atomic E-state index is 0.237. The first-order chi connectivity index (χ1) is 16.4. The van der Waals surface area contributed by atoms with Crippen LogP contribution in [0.2, 0.25) is 0 Å². The maximum Gasteiger partial charge on any atom is 0.338 e. The van der Waals surface area contributed by atoms with Gasteiger partial charge in [-0.1, -0.05) is 30.3 Å². The highest BCUT2D eigenvalue weighted by Gasteiger charge is 2.32. The third-order valence-corrected chi connectivity index (χ3v) is 5.07. The zero-order valence-corrected chi connectivity index (χ0v) is 19.9. The molecule has 3 N–H and O–H groups in total. The Balaban J connectivity index is 1.70. The number of hydrogen-bond donors (Lipinski definition) is 3. The Labute approximate surface area is 203 Å². The molecule has 0 bridgehead atoms. The normalized spacial score (nSPS) is 15.4. The van der Waals surface area contributed by atoms with Crippen LogP contribution < -0.4 is 25.5 Å². The highest BCUT2D eigenvalue weighted by atomic mass is 32.1. The quantitative estimate of drug-likeness (QED) is 0.217. The number of rotatable bonds is 9. The van der Waals surface area contributed by atoms with E-state index in [1.165, 1.54) is 6.21 Å². The number of carbonyl (C=O) groups excluding carboxylic acids is 2. The maximum absolute atomic E-state index is 12.6. The largest absolute Gasteiger partial charge is 0.497 e. The molecule has 0 unspecified atom stereocenters. The second kappa shape index (κ2) is 11.8. The molecular weight excluding hydrogens is 456 g/mol. The van der Waals surface area contributed by atoms with Crippen LogP contribution in [0.5, 0.6) is 11.5 Å². The van der Waals surface area contributed by atoms with E-state index >= 15 is 0 Å². The van der Waals surface area contributed by atoms with Crippen molar-refractivity contribution in [1.82, 2.24) is 16.1 Å². The minimum atomic E-state index is -0.599. The Hall–Kier alpha value is -3.92. The standard InChI is InChI=1S/C24H26N4O5S/c1-4-32-23(30)21-15(2)26-24(34)27-22(21)18-10-5-6-11-19(18)33-14-20(29)28-25-13-16-8-7-9-17(12-16)31-3/h5-13,22H,4,14H2,1-3H3,(H,28,29)(H2,26,27,34)/t22-/m0/s1. The van der Waals surface area contributed by atoms with Gasteiger partial charge in [0.1, 0.15) is 11.5 Å². The molecule has 10 heteroatoms. The van der Waals surface area contributed by atoms with E-state index in [2.05, 4.69) is 21.2 Å². The fourth-order valence-electron chi connectivity index (χ4n) is 3.33. The second-order valence-electron chi connectivity index (χ2n) is 7.19. The van der Waals surface area contributed by atoms with Gasteiger partial charge < -0.3 is 24.8 Å². The van der Waals surface area contributed by atoms with Crippen LogP contribution in [0.3, 0.4) is 0 Å². The first-order valence-electron chi connectivity index (χ1n) is 10.6. The summed E-state index contributed by atoms with van der Waals surface area (Å²) in [6, 6.07) is 13.8. The van der Waals surface area contributed by atoms with Gasteiger partial charge in [0.05, 0.1) is 31.5 Å². The molecule has 0 radical (unpaired) electrons. The Kier molecular flexibility index (Phi) is 8.58. The lowest BCUT2D eigenvalue weighted by Gasteiger charge is -2.30. The SMILES string of the molecule is CCOC(=O)C1=C(C)NC(=S)N[C@H]1c1ccccc1OCC(=O)NN=Cc1cccc(OC)c1. The summed E-state index contributed by atoms with van der Waals surface area (Å²) in [5.41, 5.74) is 4.82. The van der Waals surface area contributed by atoms with E-state index in [1.54, 1.807) is 45.2 Å². The molecule has 0 aromatic heterocycles. The molecule has 2 aromatic carbocycles. The van der Waals surface area contributed by atoms with E-state index in [4.69, 9.17) is 26.4 Å². The minimum Gasteiger partial charge on any atom is -0.497 e. The van der Waals surface area contributed by atoms with Gasteiger partial charge in [0.25, 0.3) is 5.91 Å². The number of esters is 1. The smallest absolute Gasteiger partial charge is 0.338 e. The molecule has 1 aliphatic rings. The van der Waals surface area contributed by atoms with Crippen molar-refractivity contribution in [3.05, 3.63) is 70.9 Å². The maximum atomic E-state index is 12.6. The van der Waals surface area contributed by atoms with Gasteiger partial charge in [-0.25, -0.2) is 10.2 Å². The molecule has 0 saturated carbocycles. The van der Waals surface area contributed by atoms with Gasteiger partial charge in [-0.15, -0.1) is 0 Å². The molecule has 0 aliphatic carbocycles. The average Bonchev–Trinajstić information content (AvgIpc) is 2.82. The molecule has 1 amide bonds. The third kappa shape index (κ3) is 6.32. The molecular formula is C24H26N4O5S. The van der Waals surface area contributed by atoms with E-state index in [-0.39, 0.29) is 13.2 Å². The third-order valence-electron chi connectivity index (χ3n) is 4.85. The monoisotopic (exact) mass is 482 g/mol. The fraction of sp³-hybridized carbons (Fsp3) is 0.250. The van der Waals surface area contributed by atoms with Gasteiger partial charge >= 0.3 is 5.97 Å². The van der Waals surface area contributed by atoms with E-state index in [9.17, 15) is 9.59 Å². The number of benzene rings is 2. The van der Waals surface area contributed by atoms with Crippen molar-refractivity contribution in [3.8, 4) is 11.5 Å². The fourth-order valence-corrected chi connectivity index (χ4v) is 3.60. The van der Waals surface area contributed by atoms with Crippen LogP contribution in [0.25, 0.3) is 0 Å². The summed E-state index contributed by atoms with van der Waals surface area (Å²) in [5.74, 6) is 0.200. The van der Waals surface area contributed by atoms with Crippen LogP contribution in [-0.2, 0) is 14.3 Å². The lowest BCUT2D eigenvalue weighted by atomic mass is 9.95. The highest BCUT2D eigenvalue weighted by molar-refractivity contribution is 7.80. The Morgan fingerprint density at radius 3 is 2.76 bits per heavy atom. The van der Waals surface area contributed by atoms with Gasteiger partial charge in [0.15, 0.2) is 11.7 Å². The Bertz CT molecular complexity index is 1130. The lowest BCUT2D eigenvalue weighted by molar-refractivity contribution is -0.139. The summed E-state index contributed by atoms with van der Waals surface area (Å²) in [6.45, 7) is 3.45. The summed E-state index contributed by atoms with van der Waals surface area (Å²) in [5, 5.41) is 10.4. The molecule has 0 saturated heterocycles. The van der Waals surface area contributed by atoms with E-state index < -0.39 is 17.9 Å². The second-order valence-corrected chi connectivity index (χ2v) is 7.60.